The number of piperidine rings is 1. The van der Waals surface area contributed by atoms with E-state index in [0.29, 0.717) is 17.9 Å². The van der Waals surface area contributed by atoms with Crippen LogP contribution in [0, 0.1) is 5.92 Å². The molecule has 1 spiro atoms. The molecule has 0 aromatic carbocycles. The van der Waals surface area contributed by atoms with Crippen LogP contribution in [0.3, 0.4) is 0 Å². The minimum atomic E-state index is -0.150. The van der Waals surface area contributed by atoms with Crippen molar-refractivity contribution in [3.63, 3.8) is 0 Å². The molecular weight excluding hydrogens is 214 g/mol. The molecule has 3 aliphatic rings. The number of hydrogen-bond acceptors (Lipinski definition) is 3. The summed E-state index contributed by atoms with van der Waals surface area (Å²) in [7, 11) is 2.17. The first-order chi connectivity index (χ1) is 8.03. The molecule has 3 atom stereocenters. The van der Waals surface area contributed by atoms with Crippen LogP contribution in [-0.4, -0.2) is 53.6 Å². The lowest BCUT2D eigenvalue weighted by molar-refractivity contribution is -0.135. The van der Waals surface area contributed by atoms with Gasteiger partial charge in [-0.05, 0) is 45.7 Å². The zero-order valence-corrected chi connectivity index (χ0v) is 11.1. The van der Waals surface area contributed by atoms with Crippen LogP contribution >= 0.6 is 0 Å². The summed E-state index contributed by atoms with van der Waals surface area (Å²) in [5, 5.41) is 3.50. The van der Waals surface area contributed by atoms with Crippen molar-refractivity contribution < 1.29 is 4.79 Å². The van der Waals surface area contributed by atoms with E-state index in [1.807, 2.05) is 0 Å². The van der Waals surface area contributed by atoms with Gasteiger partial charge in [0.2, 0.25) is 5.91 Å². The number of carbonyl (C=O) groups excluding carboxylic acids is 1. The molecule has 17 heavy (non-hydrogen) atoms. The van der Waals surface area contributed by atoms with Crippen LogP contribution < -0.4 is 5.32 Å². The summed E-state index contributed by atoms with van der Waals surface area (Å²) in [6.07, 6.45) is 3.41. The quantitative estimate of drug-likeness (QED) is 0.727. The van der Waals surface area contributed by atoms with E-state index in [9.17, 15) is 4.79 Å². The Kier molecular flexibility index (Phi) is 2.49. The van der Waals surface area contributed by atoms with Crippen molar-refractivity contribution in [1.29, 1.82) is 0 Å². The van der Waals surface area contributed by atoms with Crippen LogP contribution in [0.1, 0.15) is 33.1 Å². The van der Waals surface area contributed by atoms with Gasteiger partial charge in [0.25, 0.3) is 0 Å². The van der Waals surface area contributed by atoms with Gasteiger partial charge < -0.3 is 9.80 Å². The highest BCUT2D eigenvalue weighted by Gasteiger charge is 2.59. The summed E-state index contributed by atoms with van der Waals surface area (Å²) in [5.41, 5.74) is -0.150. The first-order valence-corrected chi connectivity index (χ1v) is 6.82. The molecule has 96 valence electrons. The van der Waals surface area contributed by atoms with E-state index in [4.69, 9.17) is 0 Å². The molecule has 3 fully saturated rings. The van der Waals surface area contributed by atoms with Gasteiger partial charge in [-0.1, -0.05) is 6.92 Å². The molecule has 2 heterocycles. The highest BCUT2D eigenvalue weighted by molar-refractivity contribution is 5.92. The van der Waals surface area contributed by atoms with Crippen LogP contribution in [0.2, 0.25) is 0 Å². The molecule has 2 saturated heterocycles. The lowest BCUT2D eigenvalue weighted by atomic mass is 9.92. The van der Waals surface area contributed by atoms with Gasteiger partial charge in [0, 0.05) is 12.6 Å². The highest BCUT2D eigenvalue weighted by atomic mass is 16.2. The van der Waals surface area contributed by atoms with E-state index in [1.54, 1.807) is 0 Å². The maximum Gasteiger partial charge on any atom is 0.244 e. The third kappa shape index (κ3) is 1.69. The average molecular weight is 237 g/mol. The zero-order chi connectivity index (χ0) is 12.2. The molecule has 3 rings (SSSR count). The van der Waals surface area contributed by atoms with Crippen LogP contribution in [0.4, 0.5) is 0 Å². The number of amides is 1. The number of hydrogen-bond donors (Lipinski definition) is 1. The topological polar surface area (TPSA) is 35.6 Å². The highest BCUT2D eigenvalue weighted by Crippen LogP contribution is 2.43. The summed E-state index contributed by atoms with van der Waals surface area (Å²) in [6, 6.07) is 0.432. The lowest BCUT2D eigenvalue weighted by Gasteiger charge is -2.41. The first-order valence-electron chi connectivity index (χ1n) is 6.82. The van der Waals surface area contributed by atoms with Crippen molar-refractivity contribution in [2.24, 2.45) is 5.92 Å². The van der Waals surface area contributed by atoms with Crippen LogP contribution in [0.15, 0.2) is 0 Å². The molecule has 1 saturated carbocycles. The maximum atomic E-state index is 12.5. The average Bonchev–Trinajstić information content (AvgIpc) is 2.97. The number of nitrogens with zero attached hydrogens (tertiary/aromatic N) is 2. The molecule has 4 nitrogen and oxygen atoms in total. The Labute approximate surface area is 103 Å². The van der Waals surface area contributed by atoms with Gasteiger partial charge in [0.05, 0.1) is 11.7 Å². The Morgan fingerprint density at radius 2 is 2.06 bits per heavy atom. The summed E-state index contributed by atoms with van der Waals surface area (Å²) in [4.78, 5) is 17.0. The molecule has 3 unspecified atom stereocenters. The summed E-state index contributed by atoms with van der Waals surface area (Å²) >= 11 is 0. The van der Waals surface area contributed by atoms with E-state index >= 15 is 0 Å². The second-order valence-corrected chi connectivity index (χ2v) is 6.21. The van der Waals surface area contributed by atoms with E-state index in [-0.39, 0.29) is 11.7 Å². The van der Waals surface area contributed by atoms with Crippen LogP contribution in [0.5, 0.6) is 0 Å². The Hall–Kier alpha value is -0.610. The zero-order valence-electron chi connectivity index (χ0n) is 11.1. The molecule has 1 aliphatic carbocycles. The molecule has 0 aromatic heterocycles. The van der Waals surface area contributed by atoms with E-state index in [0.717, 1.165) is 32.4 Å². The van der Waals surface area contributed by atoms with Crippen molar-refractivity contribution in [2.45, 2.75) is 50.9 Å². The van der Waals surface area contributed by atoms with E-state index < -0.39 is 0 Å². The van der Waals surface area contributed by atoms with Crippen LogP contribution in [0.25, 0.3) is 0 Å². The third-order valence-electron chi connectivity index (χ3n) is 4.72. The second kappa shape index (κ2) is 3.69. The Morgan fingerprint density at radius 3 is 2.59 bits per heavy atom. The van der Waals surface area contributed by atoms with Crippen molar-refractivity contribution in [1.82, 2.24) is 15.1 Å². The number of carbonyl (C=O) groups is 1. The summed E-state index contributed by atoms with van der Waals surface area (Å²) < 4.78 is 0. The molecule has 2 aliphatic heterocycles. The molecular formula is C13H23N3O. The predicted molar refractivity (Wildman–Crippen MR) is 66.5 cm³/mol. The van der Waals surface area contributed by atoms with Gasteiger partial charge in [-0.15, -0.1) is 0 Å². The maximum absolute atomic E-state index is 12.5. The third-order valence-corrected chi connectivity index (χ3v) is 4.72. The smallest absolute Gasteiger partial charge is 0.244 e. The van der Waals surface area contributed by atoms with Gasteiger partial charge in [-0.3, -0.25) is 10.1 Å². The Morgan fingerprint density at radius 1 is 1.35 bits per heavy atom. The van der Waals surface area contributed by atoms with Crippen molar-refractivity contribution in [2.75, 3.05) is 20.1 Å². The van der Waals surface area contributed by atoms with Gasteiger partial charge in [0.15, 0.2) is 0 Å². The minimum Gasteiger partial charge on any atom is -0.322 e. The molecule has 0 radical (unpaired) electrons. The minimum absolute atomic E-state index is 0.150. The van der Waals surface area contributed by atoms with Gasteiger partial charge in [-0.2, -0.15) is 0 Å². The van der Waals surface area contributed by atoms with E-state index in [1.165, 1.54) is 0 Å². The predicted octanol–water partition coefficient (Wildman–Crippen LogP) is 0.637. The fourth-order valence-corrected chi connectivity index (χ4v) is 3.63. The fraction of sp³-hybridized carbons (Fsp3) is 0.923. The first kappa shape index (κ1) is 11.5. The largest absolute Gasteiger partial charge is 0.322 e. The second-order valence-electron chi connectivity index (χ2n) is 6.21. The Balaban J connectivity index is 1.77. The Bertz CT molecular complexity index is 340. The lowest BCUT2D eigenvalue weighted by Crippen LogP contribution is -2.52. The SMILES string of the molecule is CC1CN(C)CCC1N1C(=O)C2(CC2)NC1C. The van der Waals surface area contributed by atoms with Crippen molar-refractivity contribution in [3.05, 3.63) is 0 Å². The van der Waals surface area contributed by atoms with Gasteiger partial charge >= 0.3 is 0 Å². The number of likely N-dealkylation sites (tertiary alicyclic amines) is 1. The molecule has 1 N–H and O–H groups in total. The van der Waals surface area contributed by atoms with Gasteiger partial charge in [-0.25, -0.2) is 0 Å². The normalized spacial score (nSPS) is 41.2. The molecule has 0 aromatic rings. The van der Waals surface area contributed by atoms with Gasteiger partial charge in [0.1, 0.15) is 0 Å². The summed E-state index contributed by atoms with van der Waals surface area (Å²) in [6.45, 7) is 6.63. The monoisotopic (exact) mass is 237 g/mol. The van der Waals surface area contributed by atoms with E-state index in [2.05, 4.69) is 36.0 Å². The summed E-state index contributed by atoms with van der Waals surface area (Å²) in [5.74, 6) is 0.947. The standard InChI is InChI=1S/C13H23N3O/c1-9-8-15(3)7-4-11(9)16-10(2)14-13(5-6-13)12(16)17/h9-11,14H,4-8H2,1-3H3. The number of nitrogens with one attached hydrogen (secondary N) is 1. The van der Waals surface area contributed by atoms with Crippen molar-refractivity contribution in [3.8, 4) is 0 Å². The molecule has 0 bridgehead atoms. The fourth-order valence-electron chi connectivity index (χ4n) is 3.63. The van der Waals surface area contributed by atoms with Crippen LogP contribution in [-0.2, 0) is 4.79 Å². The number of rotatable bonds is 1. The molecule has 1 amide bonds. The molecule has 4 heteroatoms. The van der Waals surface area contributed by atoms with Crippen molar-refractivity contribution >= 4 is 5.91 Å².